The largest absolute Gasteiger partial charge is 0.289 e. The topological polar surface area (TPSA) is 17.1 Å². The van der Waals surface area contributed by atoms with Gasteiger partial charge in [0.15, 0.2) is 5.78 Å². The van der Waals surface area contributed by atoms with Crippen LogP contribution in [0.1, 0.15) is 36.0 Å². The predicted molar refractivity (Wildman–Crippen MR) is 70.0 cm³/mol. The molecule has 0 atom stereocenters. The Balaban J connectivity index is 2.26. The number of hydrogen-bond acceptors (Lipinski definition) is 1. The van der Waals surface area contributed by atoms with Crippen LogP contribution in [0.15, 0.2) is 34.3 Å². The van der Waals surface area contributed by atoms with Crippen molar-refractivity contribution in [1.29, 1.82) is 0 Å². The fourth-order valence-corrected chi connectivity index (χ4v) is 2.36. The van der Waals surface area contributed by atoms with Gasteiger partial charge in [-0.15, -0.1) is 0 Å². The molecule has 1 aliphatic carbocycles. The third-order valence-electron chi connectivity index (χ3n) is 2.76. The van der Waals surface area contributed by atoms with Gasteiger partial charge < -0.3 is 0 Å². The van der Waals surface area contributed by atoms with Crippen LogP contribution in [0.25, 0.3) is 0 Å². The third kappa shape index (κ3) is 2.55. The van der Waals surface area contributed by atoms with Crippen molar-refractivity contribution in [3.63, 3.8) is 0 Å². The summed E-state index contributed by atoms with van der Waals surface area (Å²) in [5.41, 5.74) is 1.66. The standard InChI is InChI=1S/C13H12BrClO/c14-11-8-10(6-7-12(11)15)13(16)9-4-2-1-3-5-9/h4,6-8H,1-3,5H2. The summed E-state index contributed by atoms with van der Waals surface area (Å²) >= 11 is 9.23. The fraction of sp³-hybridized carbons (Fsp3) is 0.308. The Morgan fingerprint density at radius 2 is 2.12 bits per heavy atom. The molecule has 0 heterocycles. The van der Waals surface area contributed by atoms with Gasteiger partial charge in [-0.1, -0.05) is 17.7 Å². The lowest BCUT2D eigenvalue weighted by Gasteiger charge is -2.11. The van der Waals surface area contributed by atoms with Gasteiger partial charge in [0.05, 0.1) is 5.02 Å². The number of allylic oxidation sites excluding steroid dienone is 2. The lowest BCUT2D eigenvalue weighted by Crippen LogP contribution is -2.06. The van der Waals surface area contributed by atoms with Crippen molar-refractivity contribution in [1.82, 2.24) is 0 Å². The number of halogens is 2. The molecule has 0 spiro atoms. The van der Waals surface area contributed by atoms with Gasteiger partial charge in [-0.2, -0.15) is 0 Å². The van der Waals surface area contributed by atoms with E-state index in [1.54, 1.807) is 18.2 Å². The van der Waals surface area contributed by atoms with Crippen LogP contribution in [-0.2, 0) is 0 Å². The number of carbonyl (C=O) groups is 1. The molecule has 0 aromatic heterocycles. The molecule has 0 saturated carbocycles. The summed E-state index contributed by atoms with van der Waals surface area (Å²) in [7, 11) is 0. The van der Waals surface area contributed by atoms with E-state index >= 15 is 0 Å². The highest BCUT2D eigenvalue weighted by Crippen LogP contribution is 2.26. The minimum absolute atomic E-state index is 0.136. The molecule has 0 fully saturated rings. The van der Waals surface area contributed by atoms with Crippen molar-refractivity contribution in [2.24, 2.45) is 0 Å². The lowest BCUT2D eigenvalue weighted by molar-refractivity contribution is 0.102. The maximum absolute atomic E-state index is 12.1. The van der Waals surface area contributed by atoms with Crippen LogP contribution in [0.2, 0.25) is 5.02 Å². The van der Waals surface area contributed by atoms with Crippen LogP contribution in [0.3, 0.4) is 0 Å². The smallest absolute Gasteiger partial charge is 0.188 e. The molecule has 0 aliphatic heterocycles. The van der Waals surface area contributed by atoms with Crippen LogP contribution in [0.5, 0.6) is 0 Å². The number of carbonyl (C=O) groups excluding carboxylic acids is 1. The highest BCUT2D eigenvalue weighted by molar-refractivity contribution is 9.10. The van der Waals surface area contributed by atoms with E-state index in [1.807, 2.05) is 0 Å². The van der Waals surface area contributed by atoms with Crippen molar-refractivity contribution in [2.45, 2.75) is 25.7 Å². The van der Waals surface area contributed by atoms with Gasteiger partial charge in [0.1, 0.15) is 0 Å². The molecule has 0 radical (unpaired) electrons. The normalized spacial score (nSPS) is 15.8. The summed E-state index contributed by atoms with van der Waals surface area (Å²) in [6.45, 7) is 0. The van der Waals surface area contributed by atoms with Crippen molar-refractivity contribution >= 4 is 33.3 Å². The Bertz CT molecular complexity index is 451. The second-order valence-corrected chi connectivity index (χ2v) is 5.19. The zero-order valence-corrected chi connectivity index (χ0v) is 11.1. The van der Waals surface area contributed by atoms with E-state index in [-0.39, 0.29) is 5.78 Å². The van der Waals surface area contributed by atoms with Gasteiger partial charge in [0.2, 0.25) is 0 Å². The monoisotopic (exact) mass is 298 g/mol. The van der Waals surface area contributed by atoms with Crippen LogP contribution < -0.4 is 0 Å². The SMILES string of the molecule is O=C(C1=CCCCC1)c1ccc(Cl)c(Br)c1. The third-order valence-corrected chi connectivity index (χ3v) is 3.98. The van der Waals surface area contributed by atoms with Gasteiger partial charge in [-0.25, -0.2) is 0 Å². The maximum atomic E-state index is 12.1. The predicted octanol–water partition coefficient (Wildman–Crippen LogP) is 4.79. The first-order chi connectivity index (χ1) is 7.68. The first kappa shape index (κ1) is 11.9. The molecular weight excluding hydrogens is 287 g/mol. The molecule has 1 aromatic carbocycles. The molecule has 1 nitrogen and oxygen atoms in total. The molecule has 0 amide bonds. The zero-order chi connectivity index (χ0) is 11.5. The van der Waals surface area contributed by atoms with Gasteiger partial charge >= 0.3 is 0 Å². The molecule has 1 aliphatic rings. The summed E-state index contributed by atoms with van der Waals surface area (Å²) in [6.07, 6.45) is 6.30. The van der Waals surface area contributed by atoms with Crippen molar-refractivity contribution in [3.05, 3.63) is 44.9 Å². The molecule has 3 heteroatoms. The second-order valence-electron chi connectivity index (χ2n) is 3.93. The van der Waals surface area contributed by atoms with Gasteiger partial charge in [-0.05, 0) is 65.4 Å². The van der Waals surface area contributed by atoms with E-state index in [4.69, 9.17) is 11.6 Å². The van der Waals surface area contributed by atoms with E-state index < -0.39 is 0 Å². The van der Waals surface area contributed by atoms with E-state index in [0.29, 0.717) is 10.6 Å². The van der Waals surface area contributed by atoms with Crippen molar-refractivity contribution in [2.75, 3.05) is 0 Å². The highest BCUT2D eigenvalue weighted by Gasteiger charge is 2.15. The summed E-state index contributed by atoms with van der Waals surface area (Å²) in [6, 6.07) is 5.33. The van der Waals surface area contributed by atoms with E-state index in [9.17, 15) is 4.79 Å². The molecular formula is C13H12BrClO. The van der Waals surface area contributed by atoms with Crippen LogP contribution in [-0.4, -0.2) is 5.78 Å². The molecule has 1 aromatic rings. The fourth-order valence-electron chi connectivity index (χ4n) is 1.87. The number of Topliss-reactive ketones (excluding diaryl/α,β-unsaturated/α-hetero) is 1. The van der Waals surface area contributed by atoms with Crippen LogP contribution >= 0.6 is 27.5 Å². The van der Waals surface area contributed by atoms with Crippen LogP contribution in [0.4, 0.5) is 0 Å². The van der Waals surface area contributed by atoms with Crippen LogP contribution in [0, 0.1) is 0 Å². The molecule has 2 rings (SSSR count). The number of hydrogen-bond donors (Lipinski definition) is 0. The van der Waals surface area contributed by atoms with Gasteiger partial charge in [0, 0.05) is 10.0 Å². The average Bonchev–Trinajstić information content (AvgIpc) is 2.33. The Morgan fingerprint density at radius 3 is 2.75 bits per heavy atom. The van der Waals surface area contributed by atoms with Crippen molar-refractivity contribution in [3.8, 4) is 0 Å². The summed E-state index contributed by atoms with van der Waals surface area (Å²) in [5.74, 6) is 0.136. The zero-order valence-electron chi connectivity index (χ0n) is 8.80. The number of rotatable bonds is 2. The molecule has 84 valence electrons. The van der Waals surface area contributed by atoms with E-state index in [0.717, 1.165) is 29.3 Å². The van der Waals surface area contributed by atoms with E-state index in [1.165, 1.54) is 6.42 Å². The maximum Gasteiger partial charge on any atom is 0.188 e. The van der Waals surface area contributed by atoms with Gasteiger partial charge in [-0.3, -0.25) is 4.79 Å². The summed E-state index contributed by atoms with van der Waals surface area (Å²) in [5, 5.41) is 0.633. The van der Waals surface area contributed by atoms with Crippen molar-refractivity contribution < 1.29 is 4.79 Å². The molecule has 0 N–H and O–H groups in total. The minimum atomic E-state index is 0.136. The lowest BCUT2D eigenvalue weighted by atomic mass is 9.93. The Morgan fingerprint density at radius 1 is 1.31 bits per heavy atom. The number of ketones is 1. The Kier molecular flexibility index (Phi) is 3.82. The van der Waals surface area contributed by atoms with E-state index in [2.05, 4.69) is 22.0 Å². The first-order valence-corrected chi connectivity index (χ1v) is 6.54. The highest BCUT2D eigenvalue weighted by atomic mass is 79.9. The molecule has 0 bridgehead atoms. The minimum Gasteiger partial charge on any atom is -0.289 e. The quantitative estimate of drug-likeness (QED) is 0.718. The van der Waals surface area contributed by atoms with Gasteiger partial charge in [0.25, 0.3) is 0 Å². The Labute approximate surface area is 109 Å². The summed E-state index contributed by atoms with van der Waals surface area (Å²) < 4.78 is 0.774. The summed E-state index contributed by atoms with van der Waals surface area (Å²) in [4.78, 5) is 12.1. The Hall–Kier alpha value is -0.600. The average molecular weight is 300 g/mol. The molecule has 0 unspecified atom stereocenters. The molecule has 0 saturated heterocycles. The second kappa shape index (κ2) is 5.15. The number of benzene rings is 1. The molecule has 16 heavy (non-hydrogen) atoms. The first-order valence-electron chi connectivity index (χ1n) is 5.37.